The van der Waals surface area contributed by atoms with Crippen molar-refractivity contribution in [2.45, 2.75) is 153 Å². The molecule has 7 aliphatic rings. The minimum atomic E-state index is -1.24. The van der Waals surface area contributed by atoms with E-state index in [9.17, 15) is 54.6 Å². The molecule has 19 nitrogen and oxygen atoms in total. The Kier molecular flexibility index (Phi) is 35.9. The summed E-state index contributed by atoms with van der Waals surface area (Å²) in [6, 6.07) is 86.9. The van der Waals surface area contributed by atoms with Crippen LogP contribution < -0.4 is 29.0 Å². The monoisotopic (exact) mass is 2050 g/mol. The van der Waals surface area contributed by atoms with E-state index < -0.39 is 24.3 Å². The van der Waals surface area contributed by atoms with Gasteiger partial charge in [0.25, 0.3) is 0 Å². The molecule has 0 saturated carbocycles. The fourth-order valence-electron chi connectivity index (χ4n) is 18.1. The van der Waals surface area contributed by atoms with Crippen LogP contribution in [-0.4, -0.2) is 114 Å². The number of carbonyl (C=O) groups excluding carboxylic acids is 4. The number of aromatic carboxylic acids is 2. The molecule has 7 N–H and O–H groups in total. The Bertz CT molecular complexity index is 5550. The SMILES string of the molecule is C=CC1C[NH+]2CCC1C[C@H]2[C@H](O)c1ccnc2ccccc12.CC(C)N(CC[C@H](c1ccccc1)c1cc(CO)ccc1O)C(C)C.Cc1ccc2c(c1)[C@@H](c1ccccc1)CC(=O)O2.I.II.O=C1C[C@H](c2ccccc2)c2cc(C(=O)O)ccc2O1.O=C1C[C@H](c2ccccc2)c2cc(C(=O)[O-])ccc2O1.OCc1ccc2c(c1)[C@@H](c1ccccc1)CC(O)O2.[H+]. The zero-order valence-electron chi connectivity index (χ0n) is 72.6. The van der Waals surface area contributed by atoms with E-state index in [-0.39, 0.29) is 110 Å². The quantitative estimate of drug-likeness (QED) is 0.0182. The number of aliphatic hydroxyl groups is 4. The van der Waals surface area contributed by atoms with Gasteiger partial charge in [0.15, 0.2) is 6.29 Å². The maximum absolute atomic E-state index is 11.7. The first kappa shape index (κ1) is 97.1. The van der Waals surface area contributed by atoms with E-state index in [0.717, 1.165) is 92.5 Å². The van der Waals surface area contributed by atoms with Gasteiger partial charge in [-0.2, -0.15) is 0 Å². The number of benzene rings is 11. The van der Waals surface area contributed by atoms with Crippen LogP contribution in [-0.2, 0) is 27.6 Å². The summed E-state index contributed by atoms with van der Waals surface area (Å²) in [5, 5.41) is 71.2. The number of carbonyl (C=O) groups is 5. The second kappa shape index (κ2) is 47.0. The number of quaternary nitrogens is 1. The zero-order chi connectivity index (χ0) is 89.5. The van der Waals surface area contributed by atoms with Crippen LogP contribution in [0, 0.1) is 18.8 Å². The summed E-state index contributed by atoms with van der Waals surface area (Å²) in [7, 11) is 0. The molecule has 19 rings (SSSR count). The topological polar surface area (TPSA) is 287 Å². The summed E-state index contributed by atoms with van der Waals surface area (Å²) in [6.45, 7) is 18.2. The Morgan fingerprint density at radius 1 is 0.567 bits per heavy atom. The highest BCUT2D eigenvalue weighted by atomic mass is 128. The van der Waals surface area contributed by atoms with Gasteiger partial charge in [-0.3, -0.25) is 24.3 Å². The first-order valence-electron chi connectivity index (χ1n) is 42.6. The van der Waals surface area contributed by atoms with Crippen LogP contribution in [0.5, 0.6) is 28.7 Å². The molecule has 8 heterocycles. The van der Waals surface area contributed by atoms with Crippen molar-refractivity contribution in [1.29, 1.82) is 0 Å². The number of esters is 3. The summed E-state index contributed by atoms with van der Waals surface area (Å²) in [4.78, 5) is 65.5. The molecule has 11 atom stereocenters. The van der Waals surface area contributed by atoms with Crippen molar-refractivity contribution in [3.8, 4) is 28.7 Å². The number of aromatic hydroxyl groups is 1. The standard InChI is InChI=1S/C22H31NO2.C19H22N2O.2C16H12O4.C16H16O3.C16H14O2.I2.HI/c1-16(2)23(17(3)4)13-12-20(19-8-6-5-7-9-19)21-14-18(15-24)10-11-22(21)25;1-2-13-12-21-10-8-14(13)11-18(21)19(22)16-7-9-20-17-6-4-3-5-15(16)17;2*17-15-9-12(10-4-2-1-3-5-10)13-8-11(16(18)19)6-7-14(13)20-15;17-10-11-6-7-15-14(8-11)13(9-16(18)19-15)12-4-2-1-3-5-12;1-11-7-8-15-14(9-11)13(10-16(17)18-15)12-5-3-2-4-6-12;1-2;/h5-11,14,16-17,20,24-25H,12-13,15H2,1-4H3;2-7,9,13-14,18-19,22H,1,8,10-12H2;2*1-8,12H,9H2,(H,18,19);1-8,13,16-18H,9-10H2;2-9,13H,10H2,1H3;;1H/p+1/t20-;13?,14?,18-,19+;2*12-;13-,16?;13-;;/m101111../s1. The van der Waals surface area contributed by atoms with E-state index in [1.54, 1.807) is 29.2 Å². The summed E-state index contributed by atoms with van der Waals surface area (Å²) in [6.07, 6.45) is 7.42. The van der Waals surface area contributed by atoms with Crippen LogP contribution in [0.3, 0.4) is 0 Å². The molecule has 0 amide bonds. The highest BCUT2D eigenvalue weighted by molar-refractivity contribution is 15.0. The molecule has 0 radical (unpaired) electrons. The molecular formula is C105H109I3N3O16+. The smallest absolute Gasteiger partial charge is 0.545 e. The first-order chi connectivity index (χ1) is 61.0. The fraction of sp³-hybridized carbons (Fsp3) is 0.276. The number of nitrogens with one attached hydrogen (secondary N) is 1. The average molecular weight is 2050 g/mol. The summed E-state index contributed by atoms with van der Waals surface area (Å²) in [5.41, 5.74) is 15.1. The molecule has 12 aromatic rings. The molecular weight excluding hydrogens is 1940 g/mol. The Morgan fingerprint density at radius 2 is 1.02 bits per heavy atom. The Balaban J connectivity index is 0.000000159. The van der Waals surface area contributed by atoms with Gasteiger partial charge in [0.1, 0.15) is 40.9 Å². The third-order valence-corrected chi connectivity index (χ3v) is 24.3. The molecule has 3 fully saturated rings. The van der Waals surface area contributed by atoms with Gasteiger partial charge in [-0.05, 0) is 182 Å². The number of carboxylic acid groups (broad SMARTS) is 2. The van der Waals surface area contributed by atoms with E-state index in [1.165, 1.54) is 53.9 Å². The number of nitrogens with zero attached hydrogens (tertiary/aromatic N) is 2. The lowest BCUT2D eigenvalue weighted by Crippen LogP contribution is -3.20. The molecule has 0 aliphatic carbocycles. The third kappa shape index (κ3) is 25.1. The van der Waals surface area contributed by atoms with Crippen molar-refractivity contribution in [3.05, 3.63) is 381 Å². The number of carboxylic acids is 2. The highest BCUT2D eigenvalue weighted by Gasteiger charge is 2.46. The number of aliphatic hydroxyl groups excluding tert-OH is 4. The molecule has 127 heavy (non-hydrogen) atoms. The van der Waals surface area contributed by atoms with Gasteiger partial charge < -0.3 is 64.4 Å². The van der Waals surface area contributed by atoms with Crippen molar-refractivity contribution >= 4 is 102 Å². The maximum Gasteiger partial charge on any atom is 1.00 e. The second-order valence-corrected chi connectivity index (χ2v) is 32.9. The van der Waals surface area contributed by atoms with E-state index in [2.05, 4.69) is 143 Å². The third-order valence-electron chi connectivity index (χ3n) is 24.3. The molecule has 4 unspecified atom stereocenters. The maximum atomic E-state index is 11.7. The number of phenols is 1. The average Bonchev–Trinajstić information content (AvgIpc) is 0.786. The van der Waals surface area contributed by atoms with E-state index in [0.29, 0.717) is 77.1 Å². The zero-order valence-corrected chi connectivity index (χ0v) is 78.2. The summed E-state index contributed by atoms with van der Waals surface area (Å²) < 4.78 is 21.1. The minimum Gasteiger partial charge on any atom is -0.545 e. The largest absolute Gasteiger partial charge is 1.00 e. The molecule has 1 aromatic heterocycles. The number of para-hydroxylation sites is 1. The van der Waals surface area contributed by atoms with Crippen molar-refractivity contribution in [2.75, 3.05) is 19.6 Å². The van der Waals surface area contributed by atoms with E-state index in [4.69, 9.17) is 24.1 Å². The second-order valence-electron chi connectivity index (χ2n) is 32.9. The van der Waals surface area contributed by atoms with Gasteiger partial charge in [0.05, 0.1) is 62.6 Å². The lowest BCUT2D eigenvalue weighted by Gasteiger charge is -2.47. The fourth-order valence-corrected chi connectivity index (χ4v) is 18.1. The first-order valence-corrected chi connectivity index (χ1v) is 48.9. The van der Waals surface area contributed by atoms with Crippen LogP contribution in [0.15, 0.2) is 292 Å². The summed E-state index contributed by atoms with van der Waals surface area (Å²) >= 11 is 4.24. The van der Waals surface area contributed by atoms with Crippen LogP contribution in [0.2, 0.25) is 0 Å². The van der Waals surface area contributed by atoms with Crippen molar-refractivity contribution in [3.63, 3.8) is 0 Å². The van der Waals surface area contributed by atoms with Crippen molar-refractivity contribution < 1.29 is 85.0 Å². The van der Waals surface area contributed by atoms with E-state index >= 15 is 0 Å². The lowest BCUT2D eigenvalue weighted by atomic mass is 9.73. The molecule has 660 valence electrons. The molecule has 3 saturated heterocycles. The van der Waals surface area contributed by atoms with Crippen LogP contribution in [0.4, 0.5) is 0 Å². The minimum absolute atomic E-state index is 0. The van der Waals surface area contributed by atoms with Gasteiger partial charge in [-0.25, -0.2) is 4.79 Å². The van der Waals surface area contributed by atoms with Gasteiger partial charge in [0, 0.05) is 143 Å². The molecule has 11 aromatic carbocycles. The lowest BCUT2D eigenvalue weighted by molar-refractivity contribution is -0.949. The van der Waals surface area contributed by atoms with Crippen LogP contribution >= 0.6 is 61.2 Å². The number of hydrogen-bond donors (Lipinski definition) is 7. The number of pyridine rings is 1. The normalized spacial score (nSPS) is 19.4. The molecule has 22 heteroatoms. The number of fused-ring (bicyclic) bond motifs is 8. The number of ether oxygens (including phenoxy) is 4. The Labute approximate surface area is 784 Å². The molecule has 7 aliphatic heterocycles. The molecule has 2 bridgehead atoms. The number of rotatable bonds is 18. The van der Waals surface area contributed by atoms with Crippen molar-refractivity contribution in [2.24, 2.45) is 11.8 Å². The van der Waals surface area contributed by atoms with Crippen LogP contribution in [0.1, 0.15) is 208 Å². The number of piperidine rings is 3. The summed E-state index contributed by atoms with van der Waals surface area (Å²) in [5.74, 6) is 0.863. The number of halogens is 3. The predicted octanol–water partition coefficient (Wildman–Crippen LogP) is 18.9. The Morgan fingerprint density at radius 3 is 1.52 bits per heavy atom. The van der Waals surface area contributed by atoms with Gasteiger partial charge in [-0.15, -0.1) is 30.6 Å². The molecule has 0 spiro atoms. The van der Waals surface area contributed by atoms with Crippen LogP contribution in [0.25, 0.3) is 10.9 Å². The number of hydrogen-bond acceptors (Lipinski definition) is 17. The van der Waals surface area contributed by atoms with E-state index in [1.807, 2.05) is 182 Å². The van der Waals surface area contributed by atoms with Gasteiger partial charge >= 0.3 is 25.3 Å². The number of phenolic OH excluding ortho intramolecular Hbond substituents is 1. The highest BCUT2D eigenvalue weighted by Crippen LogP contribution is 2.45. The number of aromatic nitrogens is 1. The van der Waals surface area contributed by atoms with Gasteiger partial charge in [0.2, 0.25) is 0 Å². The number of aryl methyl sites for hydroxylation is 1. The Hall–Kier alpha value is -10.5. The predicted molar refractivity (Wildman–Crippen MR) is 519 cm³/mol. The van der Waals surface area contributed by atoms with Crippen molar-refractivity contribution in [1.82, 2.24) is 9.88 Å². The van der Waals surface area contributed by atoms with Gasteiger partial charge in [-0.1, -0.05) is 206 Å².